The van der Waals surface area contributed by atoms with Crippen molar-refractivity contribution >= 4 is 44.5 Å². The fraction of sp³-hybridized carbons (Fsp3) is 0.188. The third-order valence-corrected chi connectivity index (χ3v) is 5.69. The number of benzene rings is 2. The quantitative estimate of drug-likeness (QED) is 0.225. The van der Waals surface area contributed by atoms with E-state index >= 15 is 0 Å². The van der Waals surface area contributed by atoms with Gasteiger partial charge in [0.05, 0.1) is 36.0 Å². The number of non-ortho nitro benzene ring substituents is 1. The van der Waals surface area contributed by atoms with E-state index in [4.69, 9.17) is 14.2 Å². The van der Waals surface area contributed by atoms with Gasteiger partial charge in [-0.1, -0.05) is 0 Å². The Balaban J connectivity index is 2.40. The third-order valence-electron chi connectivity index (χ3n) is 3.62. The van der Waals surface area contributed by atoms with Crippen molar-refractivity contribution in [2.24, 2.45) is 5.10 Å². The predicted molar refractivity (Wildman–Crippen MR) is 111 cm³/mol. The van der Waals surface area contributed by atoms with Crippen LogP contribution in [0, 0.1) is 13.7 Å². The van der Waals surface area contributed by atoms with E-state index in [2.05, 4.69) is 5.10 Å². The minimum Gasteiger partial charge on any atom is -0.506 e. The monoisotopic (exact) mass is 537 g/mol. The summed E-state index contributed by atoms with van der Waals surface area (Å²) >= 11 is 1.71. The molecule has 2 aromatic rings. The molecular formula is C16H16IN3O8S. The van der Waals surface area contributed by atoms with Crippen molar-refractivity contribution in [3.8, 4) is 23.0 Å². The molecule has 156 valence electrons. The number of phenols is 1. The molecule has 0 atom stereocenters. The van der Waals surface area contributed by atoms with Crippen LogP contribution in [0.4, 0.5) is 5.69 Å². The van der Waals surface area contributed by atoms with Crippen LogP contribution in [0.2, 0.25) is 0 Å². The number of halogens is 1. The number of ether oxygens (including phenoxy) is 3. The van der Waals surface area contributed by atoms with Crippen molar-refractivity contribution in [2.45, 2.75) is 4.90 Å². The highest BCUT2D eigenvalue weighted by atomic mass is 127. The van der Waals surface area contributed by atoms with Crippen molar-refractivity contribution in [1.29, 1.82) is 0 Å². The van der Waals surface area contributed by atoms with E-state index in [0.717, 1.165) is 12.3 Å². The molecule has 2 aromatic carbocycles. The molecule has 11 nitrogen and oxygen atoms in total. The number of nitro groups is 1. The Bertz CT molecular complexity index is 1070. The third kappa shape index (κ3) is 4.79. The molecule has 0 aliphatic heterocycles. The molecule has 0 saturated heterocycles. The summed E-state index contributed by atoms with van der Waals surface area (Å²) in [5, 5.41) is 24.5. The topological polar surface area (TPSA) is 150 Å². The van der Waals surface area contributed by atoms with Crippen LogP contribution in [-0.2, 0) is 10.0 Å². The highest BCUT2D eigenvalue weighted by Crippen LogP contribution is 2.41. The van der Waals surface area contributed by atoms with Gasteiger partial charge in [-0.15, -0.1) is 0 Å². The molecule has 13 heteroatoms. The normalized spacial score (nSPS) is 11.3. The number of nitro benzene ring substituents is 1. The van der Waals surface area contributed by atoms with Gasteiger partial charge in [0.15, 0.2) is 11.5 Å². The first-order valence-corrected chi connectivity index (χ1v) is 10.2. The molecule has 0 aromatic heterocycles. The number of sulfonamides is 1. The molecule has 0 aliphatic rings. The lowest BCUT2D eigenvalue weighted by Gasteiger charge is -2.15. The Morgan fingerprint density at radius 2 is 1.83 bits per heavy atom. The minimum atomic E-state index is -4.21. The molecule has 0 unspecified atom stereocenters. The average molecular weight is 537 g/mol. The predicted octanol–water partition coefficient (Wildman–Crippen LogP) is 2.24. The molecular weight excluding hydrogens is 521 g/mol. The molecule has 0 saturated carbocycles. The molecule has 0 fully saturated rings. The molecule has 0 heterocycles. The summed E-state index contributed by atoms with van der Waals surface area (Å²) in [4.78, 5) is 12.0. The number of hydrazone groups is 1. The summed E-state index contributed by atoms with van der Waals surface area (Å²) in [5.41, 5.74) is -0.316. The van der Waals surface area contributed by atoms with Crippen LogP contribution in [0.15, 0.2) is 34.3 Å². The lowest BCUT2D eigenvalue weighted by atomic mass is 10.2. The second-order valence-corrected chi connectivity index (χ2v) is 8.10. The minimum absolute atomic E-state index is 0.0365. The second-order valence-electron chi connectivity index (χ2n) is 5.31. The molecule has 0 radical (unpaired) electrons. The van der Waals surface area contributed by atoms with Gasteiger partial charge in [0.1, 0.15) is 10.6 Å². The van der Waals surface area contributed by atoms with Crippen molar-refractivity contribution in [1.82, 2.24) is 4.83 Å². The smallest absolute Gasteiger partial charge is 0.280 e. The van der Waals surface area contributed by atoms with Crippen LogP contribution < -0.4 is 19.0 Å². The van der Waals surface area contributed by atoms with Crippen molar-refractivity contribution in [3.63, 3.8) is 0 Å². The van der Waals surface area contributed by atoms with Crippen LogP contribution >= 0.6 is 22.6 Å². The zero-order valence-corrected chi connectivity index (χ0v) is 18.3. The maximum atomic E-state index is 12.6. The molecule has 29 heavy (non-hydrogen) atoms. The van der Waals surface area contributed by atoms with Gasteiger partial charge >= 0.3 is 0 Å². The summed E-state index contributed by atoms with van der Waals surface area (Å²) in [7, 11) is -0.221. The first kappa shape index (κ1) is 22.5. The number of hydrogen-bond acceptors (Lipinski definition) is 9. The molecule has 2 N–H and O–H groups in total. The van der Waals surface area contributed by atoms with Crippen LogP contribution in [0.1, 0.15) is 5.56 Å². The van der Waals surface area contributed by atoms with Crippen LogP contribution in [-0.4, -0.2) is 46.0 Å². The first-order valence-electron chi connectivity index (χ1n) is 7.67. The van der Waals surface area contributed by atoms with E-state index in [-0.39, 0.29) is 42.7 Å². The van der Waals surface area contributed by atoms with Crippen LogP contribution in [0.5, 0.6) is 23.0 Å². The summed E-state index contributed by atoms with van der Waals surface area (Å²) in [6.45, 7) is 0. The van der Waals surface area contributed by atoms with Crippen molar-refractivity contribution < 1.29 is 32.7 Å². The summed E-state index contributed by atoms with van der Waals surface area (Å²) in [5.74, 6) is -0.0271. The number of methoxy groups -OCH3 is 3. The lowest BCUT2D eigenvalue weighted by molar-refractivity contribution is -0.385. The first-order chi connectivity index (χ1) is 13.7. The number of nitrogens with zero attached hydrogens (tertiary/aromatic N) is 2. The SMILES string of the molecule is COc1ccc(S(=O)(=O)N/N=C/c2cc([N+](=O)[O-])cc(I)c2O)c(OC)c1OC. The molecule has 0 aliphatic carbocycles. The summed E-state index contributed by atoms with van der Waals surface area (Å²) in [6.07, 6.45) is 0.954. The van der Waals surface area contributed by atoms with Gasteiger partial charge in [0, 0.05) is 17.7 Å². The average Bonchev–Trinajstić information content (AvgIpc) is 2.69. The molecule has 0 bridgehead atoms. The summed E-state index contributed by atoms with van der Waals surface area (Å²) < 4.78 is 40.9. The second kappa shape index (κ2) is 9.13. The van der Waals surface area contributed by atoms with Crippen molar-refractivity contribution in [3.05, 3.63) is 43.5 Å². The largest absolute Gasteiger partial charge is 0.506 e. The number of hydrogen-bond donors (Lipinski definition) is 2. The zero-order valence-electron chi connectivity index (χ0n) is 15.4. The highest BCUT2D eigenvalue weighted by molar-refractivity contribution is 14.1. The van der Waals surface area contributed by atoms with Crippen molar-refractivity contribution in [2.75, 3.05) is 21.3 Å². The van der Waals surface area contributed by atoms with Crippen LogP contribution in [0.25, 0.3) is 0 Å². The van der Waals surface area contributed by atoms with Gasteiger partial charge in [-0.2, -0.15) is 18.4 Å². The Kier molecular flexibility index (Phi) is 7.07. The van der Waals surface area contributed by atoms with Gasteiger partial charge in [-0.3, -0.25) is 10.1 Å². The number of phenolic OH excluding ortho intramolecular Hbond substituents is 1. The van der Waals surface area contributed by atoms with E-state index in [1.807, 2.05) is 4.83 Å². The maximum Gasteiger partial charge on any atom is 0.280 e. The van der Waals surface area contributed by atoms with E-state index < -0.39 is 14.9 Å². The Hall–Kier alpha value is -2.81. The maximum absolute atomic E-state index is 12.6. The van der Waals surface area contributed by atoms with Gasteiger partial charge in [-0.05, 0) is 34.7 Å². The Morgan fingerprint density at radius 1 is 1.17 bits per heavy atom. The lowest BCUT2D eigenvalue weighted by Crippen LogP contribution is -2.19. The van der Waals surface area contributed by atoms with E-state index in [1.54, 1.807) is 22.6 Å². The highest BCUT2D eigenvalue weighted by Gasteiger charge is 2.25. The summed E-state index contributed by atoms with van der Waals surface area (Å²) in [6, 6.07) is 4.86. The van der Waals surface area contributed by atoms with E-state index in [1.165, 1.54) is 39.5 Å². The fourth-order valence-corrected chi connectivity index (χ4v) is 3.90. The van der Waals surface area contributed by atoms with E-state index in [0.29, 0.717) is 0 Å². The Labute approximate surface area is 179 Å². The van der Waals surface area contributed by atoms with Gasteiger partial charge < -0.3 is 19.3 Å². The molecule has 0 amide bonds. The number of nitrogens with one attached hydrogen (secondary N) is 1. The fourth-order valence-electron chi connectivity index (χ4n) is 2.31. The standard InChI is InChI=1S/C16H16IN3O8S/c1-26-12-4-5-13(16(28-3)15(12)27-2)29(24,25)19-18-8-9-6-10(20(22)23)7-11(17)14(9)21/h4-8,19,21H,1-3H3/b18-8+. The van der Waals surface area contributed by atoms with Gasteiger partial charge in [0.25, 0.3) is 15.7 Å². The molecule has 2 rings (SSSR count). The Morgan fingerprint density at radius 3 is 2.38 bits per heavy atom. The number of aromatic hydroxyl groups is 1. The number of rotatable bonds is 8. The van der Waals surface area contributed by atoms with E-state index in [9.17, 15) is 23.6 Å². The van der Waals surface area contributed by atoms with Gasteiger partial charge in [0.2, 0.25) is 5.75 Å². The van der Waals surface area contributed by atoms with Crippen LogP contribution in [0.3, 0.4) is 0 Å². The zero-order chi connectivity index (χ0) is 21.8. The molecule has 0 spiro atoms. The van der Waals surface area contributed by atoms with Gasteiger partial charge in [-0.25, -0.2) is 0 Å².